The van der Waals surface area contributed by atoms with Crippen LogP contribution in [-0.4, -0.2) is 18.5 Å². The van der Waals surface area contributed by atoms with E-state index in [-0.39, 0.29) is 11.9 Å². The molecular weight excluding hydrogens is 142 g/mol. The van der Waals surface area contributed by atoms with Crippen molar-refractivity contribution in [2.75, 3.05) is 6.54 Å². The molecule has 0 spiro atoms. The molecule has 0 amide bonds. The van der Waals surface area contributed by atoms with Gasteiger partial charge in [-0.15, -0.1) is 12.3 Å². The van der Waals surface area contributed by atoms with Gasteiger partial charge in [0.05, 0.1) is 6.54 Å². The second-order valence-electron chi connectivity index (χ2n) is 1.73. The van der Waals surface area contributed by atoms with Gasteiger partial charge in [-0.05, 0) is 0 Å². The van der Waals surface area contributed by atoms with E-state index >= 15 is 0 Å². The van der Waals surface area contributed by atoms with Gasteiger partial charge in [-0.2, -0.15) is 4.99 Å². The van der Waals surface area contributed by atoms with Crippen molar-refractivity contribution in [3.63, 3.8) is 0 Å². The zero-order valence-electron chi connectivity index (χ0n) is 6.12. The second-order valence-corrected chi connectivity index (χ2v) is 1.73. The number of terminal acetylenes is 1. The maximum atomic E-state index is 5.25. The summed E-state index contributed by atoms with van der Waals surface area (Å²) in [5.41, 5.74) is 15.3. The molecule has 0 radical (unpaired) electrons. The van der Waals surface area contributed by atoms with Gasteiger partial charge in [0, 0.05) is 6.42 Å². The molecule has 0 rings (SSSR count). The van der Waals surface area contributed by atoms with Crippen LogP contribution in [0.1, 0.15) is 6.42 Å². The van der Waals surface area contributed by atoms with E-state index < -0.39 is 0 Å². The van der Waals surface area contributed by atoms with Crippen molar-refractivity contribution in [2.24, 2.45) is 27.2 Å². The second kappa shape index (κ2) is 5.11. The van der Waals surface area contributed by atoms with Gasteiger partial charge in [0.15, 0.2) is 5.96 Å². The minimum Gasteiger partial charge on any atom is -0.370 e. The van der Waals surface area contributed by atoms with Crippen LogP contribution in [0.5, 0.6) is 0 Å². The van der Waals surface area contributed by atoms with Crippen molar-refractivity contribution in [1.29, 1.82) is 0 Å². The summed E-state index contributed by atoms with van der Waals surface area (Å²) in [5, 5.41) is 0. The van der Waals surface area contributed by atoms with Gasteiger partial charge in [-0.3, -0.25) is 4.99 Å². The molecule has 5 heteroatoms. The summed E-state index contributed by atoms with van der Waals surface area (Å²) < 4.78 is 0. The quantitative estimate of drug-likeness (QED) is 0.197. The molecule has 11 heavy (non-hydrogen) atoms. The van der Waals surface area contributed by atoms with Crippen molar-refractivity contribution in [1.82, 2.24) is 0 Å². The van der Waals surface area contributed by atoms with Gasteiger partial charge in [-0.1, -0.05) is 0 Å². The van der Waals surface area contributed by atoms with Gasteiger partial charge in [0.1, 0.15) is 0 Å². The summed E-state index contributed by atoms with van der Waals surface area (Å²) in [6.45, 7) is 0.444. The van der Waals surface area contributed by atoms with Crippen molar-refractivity contribution in [3.05, 3.63) is 0 Å². The zero-order valence-corrected chi connectivity index (χ0v) is 6.12. The largest absolute Gasteiger partial charge is 0.370 e. The summed E-state index contributed by atoms with van der Waals surface area (Å²) >= 11 is 0. The SMILES string of the molecule is C#CCCN=C(N)N=C(N)N. The van der Waals surface area contributed by atoms with Crippen LogP contribution in [-0.2, 0) is 0 Å². The van der Waals surface area contributed by atoms with E-state index in [9.17, 15) is 0 Å². The predicted molar refractivity (Wildman–Crippen MR) is 45.7 cm³/mol. The van der Waals surface area contributed by atoms with Crippen LogP contribution < -0.4 is 17.2 Å². The Labute approximate surface area is 65.4 Å². The first-order valence-electron chi connectivity index (χ1n) is 3.00. The lowest BCUT2D eigenvalue weighted by atomic mass is 10.5. The van der Waals surface area contributed by atoms with E-state index in [0.717, 1.165) is 0 Å². The molecular formula is C6H11N5. The van der Waals surface area contributed by atoms with Gasteiger partial charge in [-0.25, -0.2) is 0 Å². The van der Waals surface area contributed by atoms with E-state index in [1.165, 1.54) is 0 Å². The Morgan fingerprint density at radius 1 is 1.36 bits per heavy atom. The topological polar surface area (TPSA) is 103 Å². The Balaban J connectivity index is 3.84. The minimum absolute atomic E-state index is 0.0558. The lowest BCUT2D eigenvalue weighted by molar-refractivity contribution is 1.02. The first-order chi connectivity index (χ1) is 5.16. The Bertz CT molecular complexity index is 206. The number of guanidine groups is 2. The molecule has 0 aromatic rings. The Morgan fingerprint density at radius 3 is 2.45 bits per heavy atom. The van der Waals surface area contributed by atoms with Crippen LogP contribution in [0.2, 0.25) is 0 Å². The van der Waals surface area contributed by atoms with Crippen LogP contribution in [0.25, 0.3) is 0 Å². The van der Waals surface area contributed by atoms with Crippen LogP contribution in [0.4, 0.5) is 0 Å². The lowest BCUT2D eigenvalue weighted by Crippen LogP contribution is -2.26. The molecule has 0 aromatic heterocycles. The fourth-order valence-electron chi connectivity index (χ4n) is 0.403. The molecule has 60 valence electrons. The van der Waals surface area contributed by atoms with Gasteiger partial charge < -0.3 is 17.2 Å². The number of aliphatic imine (C=N–C) groups is 2. The number of hydrogen-bond donors (Lipinski definition) is 3. The molecule has 0 atom stereocenters. The van der Waals surface area contributed by atoms with Crippen LogP contribution >= 0.6 is 0 Å². The van der Waals surface area contributed by atoms with Crippen molar-refractivity contribution < 1.29 is 0 Å². The number of rotatable bonds is 2. The minimum atomic E-state index is -0.105. The maximum Gasteiger partial charge on any atom is 0.218 e. The molecule has 0 heterocycles. The lowest BCUT2D eigenvalue weighted by Gasteiger charge is -1.91. The molecule has 0 bridgehead atoms. The highest BCUT2D eigenvalue weighted by atomic mass is 15.1. The van der Waals surface area contributed by atoms with Crippen molar-refractivity contribution >= 4 is 11.9 Å². The first-order valence-corrected chi connectivity index (χ1v) is 3.00. The van der Waals surface area contributed by atoms with E-state index in [2.05, 4.69) is 15.9 Å². The summed E-state index contributed by atoms with van der Waals surface area (Å²) in [6, 6.07) is 0. The maximum absolute atomic E-state index is 5.25. The fourth-order valence-corrected chi connectivity index (χ4v) is 0.403. The molecule has 0 aliphatic heterocycles. The van der Waals surface area contributed by atoms with Crippen molar-refractivity contribution in [3.8, 4) is 12.3 Å². The third-order valence-electron chi connectivity index (χ3n) is 0.774. The standard InChI is InChI=1S/C6H11N5/c1-2-3-4-10-6(9)11-5(7)8/h1H,3-4H2,(H6,7,8,9,10,11). The summed E-state index contributed by atoms with van der Waals surface area (Å²) in [6.07, 6.45) is 5.50. The Hall–Kier alpha value is -1.70. The van der Waals surface area contributed by atoms with Crippen LogP contribution in [0.3, 0.4) is 0 Å². The third-order valence-corrected chi connectivity index (χ3v) is 0.774. The first kappa shape index (κ1) is 9.30. The monoisotopic (exact) mass is 153 g/mol. The van der Waals surface area contributed by atoms with Gasteiger partial charge >= 0.3 is 0 Å². The average molecular weight is 153 g/mol. The summed E-state index contributed by atoms with van der Waals surface area (Å²) in [7, 11) is 0. The molecule has 0 aliphatic rings. The fraction of sp³-hybridized carbons (Fsp3) is 0.333. The summed E-state index contributed by atoms with van der Waals surface area (Å²) in [5.74, 6) is 2.35. The highest BCUT2D eigenvalue weighted by Gasteiger charge is 1.86. The molecule has 6 N–H and O–H groups in total. The molecule has 0 aromatic carbocycles. The van der Waals surface area contributed by atoms with Crippen LogP contribution in [0.15, 0.2) is 9.98 Å². The smallest absolute Gasteiger partial charge is 0.218 e. The average Bonchev–Trinajstić information content (AvgIpc) is 1.86. The van der Waals surface area contributed by atoms with E-state index in [1.807, 2.05) is 0 Å². The normalized spacial score (nSPS) is 10.3. The molecule has 0 saturated heterocycles. The van der Waals surface area contributed by atoms with E-state index in [4.69, 9.17) is 23.6 Å². The number of nitrogens with two attached hydrogens (primary N) is 3. The molecule has 0 aliphatic carbocycles. The van der Waals surface area contributed by atoms with Crippen molar-refractivity contribution in [2.45, 2.75) is 6.42 Å². The molecule has 0 fully saturated rings. The number of hydrogen-bond acceptors (Lipinski definition) is 1. The molecule has 5 nitrogen and oxygen atoms in total. The highest BCUT2D eigenvalue weighted by Crippen LogP contribution is 1.78. The van der Waals surface area contributed by atoms with Gasteiger partial charge in [0.25, 0.3) is 0 Å². The highest BCUT2D eigenvalue weighted by molar-refractivity contribution is 5.92. The zero-order chi connectivity index (χ0) is 8.69. The molecule has 0 saturated carbocycles. The van der Waals surface area contributed by atoms with Gasteiger partial charge in [0.2, 0.25) is 5.96 Å². The van der Waals surface area contributed by atoms with E-state index in [0.29, 0.717) is 13.0 Å². The number of nitrogens with zero attached hydrogens (tertiary/aromatic N) is 2. The Kier molecular flexibility index (Phi) is 4.32. The molecule has 0 unspecified atom stereocenters. The van der Waals surface area contributed by atoms with E-state index in [1.54, 1.807) is 0 Å². The van der Waals surface area contributed by atoms with Crippen LogP contribution in [0, 0.1) is 12.3 Å². The Morgan fingerprint density at radius 2 is 2.00 bits per heavy atom. The third kappa shape index (κ3) is 6.18. The summed E-state index contributed by atoms with van der Waals surface area (Å²) in [4.78, 5) is 7.24. The predicted octanol–water partition coefficient (Wildman–Crippen LogP) is -1.40.